The quantitative estimate of drug-likeness (QED) is 0.0348. The number of nitrogens with zero attached hydrogens (tertiary/aromatic N) is 2. The highest BCUT2D eigenvalue weighted by Crippen LogP contribution is 2.38. The van der Waals surface area contributed by atoms with Crippen LogP contribution in [0.15, 0.2) is 12.7 Å². The number of esters is 1. The number of likely N-dealkylation sites (N-methyl/N-ethyl adjacent to an activating group) is 1. The average Bonchev–Trinajstić information content (AvgIpc) is 3.18. The first kappa shape index (κ1) is 55.6. The van der Waals surface area contributed by atoms with Gasteiger partial charge in [0, 0.05) is 57.7 Å². The second kappa shape index (κ2) is 25.8. The molecule has 2 saturated heterocycles. The van der Waals surface area contributed by atoms with Gasteiger partial charge in [0.25, 0.3) is 0 Å². The van der Waals surface area contributed by atoms with Crippen LogP contribution in [0.2, 0.25) is 0 Å². The van der Waals surface area contributed by atoms with Crippen LogP contribution < -0.4 is 10.6 Å². The third-order valence-electron chi connectivity index (χ3n) is 12.5. The molecule has 2 rings (SSSR count). The predicted molar refractivity (Wildman–Crippen MR) is 239 cm³/mol. The second-order valence-electron chi connectivity index (χ2n) is 18.4. The first-order valence-corrected chi connectivity index (χ1v) is 22.7. The number of hydrogen-bond acceptors (Lipinski definition) is 15. The van der Waals surface area contributed by atoms with Crippen LogP contribution in [0.3, 0.4) is 0 Å². The Labute approximate surface area is 372 Å². The largest absolute Gasteiger partial charge is 0.459 e. The number of methoxy groups -OCH3 is 1. The van der Waals surface area contributed by atoms with Crippen LogP contribution in [0.4, 0.5) is 0 Å². The van der Waals surface area contributed by atoms with Crippen molar-refractivity contribution >= 4 is 23.3 Å². The number of cyclic esters (lactones) is 1. The Morgan fingerprint density at radius 3 is 2.36 bits per heavy atom. The van der Waals surface area contributed by atoms with E-state index in [0.29, 0.717) is 44.1 Å². The highest BCUT2D eigenvalue weighted by atomic mass is 32.1. The van der Waals surface area contributed by atoms with Crippen molar-refractivity contribution in [1.29, 1.82) is 0 Å². The minimum absolute atomic E-state index is 0.187. The van der Waals surface area contributed by atoms with E-state index >= 15 is 0 Å². The summed E-state index contributed by atoms with van der Waals surface area (Å²) in [4.78, 5) is 18.4. The molecule has 0 spiro atoms. The molecular formula is C44H84N4O12S. The van der Waals surface area contributed by atoms with Gasteiger partial charge in [-0.1, -0.05) is 26.8 Å². The lowest BCUT2D eigenvalue weighted by molar-refractivity contribution is -0.306. The number of nitrogens with one attached hydrogen (secondary N) is 2. The van der Waals surface area contributed by atoms with Crippen LogP contribution in [-0.4, -0.2) is 185 Å². The van der Waals surface area contributed by atoms with E-state index in [9.17, 15) is 30.3 Å². The van der Waals surface area contributed by atoms with Crippen molar-refractivity contribution in [1.82, 2.24) is 20.4 Å². The third kappa shape index (κ3) is 16.4. The first-order valence-electron chi connectivity index (χ1n) is 22.3. The lowest BCUT2D eigenvalue weighted by atomic mass is 9.77. The number of carbonyl (C=O) groups is 1. The average molecular weight is 893 g/mol. The Balaban J connectivity index is 2.77. The van der Waals surface area contributed by atoms with Gasteiger partial charge in [-0.15, -0.1) is 6.58 Å². The summed E-state index contributed by atoms with van der Waals surface area (Å²) in [5.74, 6) is -2.76. The molecule has 0 radical (unpaired) electrons. The molecule has 358 valence electrons. The lowest BCUT2D eigenvalue weighted by Crippen LogP contribution is -2.59. The summed E-state index contributed by atoms with van der Waals surface area (Å²) >= 11 is 5.38. The summed E-state index contributed by atoms with van der Waals surface area (Å²) in [6.07, 6.45) is -6.06. The maximum absolute atomic E-state index is 14.4. The van der Waals surface area contributed by atoms with Crippen LogP contribution in [0.25, 0.3) is 0 Å². The molecule has 2 aliphatic heterocycles. The molecule has 0 aromatic carbocycles. The fourth-order valence-electron chi connectivity index (χ4n) is 8.75. The van der Waals surface area contributed by atoms with Crippen molar-refractivity contribution in [3.8, 4) is 0 Å². The topological polar surface area (TPSA) is 204 Å². The molecule has 61 heavy (non-hydrogen) atoms. The van der Waals surface area contributed by atoms with Gasteiger partial charge in [-0.2, -0.15) is 0 Å². The van der Waals surface area contributed by atoms with Crippen molar-refractivity contribution in [2.75, 3.05) is 54.0 Å². The number of aliphatic hydroxyl groups excluding tert-OH is 3. The molecule has 0 amide bonds. The maximum atomic E-state index is 14.4. The SMILES string of the molecule is C=CCNC(=S)NCCCN1C[C@H](C)C[C@@](C)(O)[C@H](O[C@@H]2O[C@H](C)C[C@H](N(C)C)[C@H]2O)[C@@H](C)[C@H](O[C@@H](CCOC)O[C@@H](C)[C@@H](C)O)[C@@H](C)C(=O)O[C@H](CC)[C@@](C)(O)[C@H](O)[C@H]1C. The van der Waals surface area contributed by atoms with E-state index < -0.39 is 90.4 Å². The van der Waals surface area contributed by atoms with Gasteiger partial charge in [0.05, 0.1) is 48.6 Å². The maximum Gasteiger partial charge on any atom is 0.311 e. The van der Waals surface area contributed by atoms with Gasteiger partial charge in [-0.05, 0) is 106 Å². The smallest absolute Gasteiger partial charge is 0.311 e. The summed E-state index contributed by atoms with van der Waals surface area (Å²) in [5, 5.41) is 65.7. The number of rotatable bonds is 18. The Hall–Kier alpha value is -1.58. The Kier molecular flexibility index (Phi) is 23.5. The molecule has 0 bridgehead atoms. The van der Waals surface area contributed by atoms with Crippen molar-refractivity contribution in [3.63, 3.8) is 0 Å². The zero-order valence-electron chi connectivity index (χ0n) is 39.4. The molecule has 17 heteroatoms. The Bertz CT molecular complexity index is 1310. The van der Waals surface area contributed by atoms with Gasteiger partial charge < -0.3 is 69.5 Å². The van der Waals surface area contributed by atoms with Crippen molar-refractivity contribution < 1.29 is 58.7 Å². The molecular weight excluding hydrogens is 809 g/mol. The standard InChI is InChI=1S/C44H84N4O12S/c1-15-19-45-42(61)46-20-17-21-48-25-26(3)24-43(10,53)39(60-41-36(50)33(47(12)13)23-27(4)56-41)28(5)37(59-35(18-22-55-14)57-32(9)31(8)49)29(6)40(52)58-34(16-2)44(11,54)38(51)30(48)7/h15,26-39,41,49-51,53-54H,1,16-25H2,2-14H3,(H2,45,46,61)/t26-,27-,28+,29-,30-,31-,32+,33+,34-,35+,36-,37+,38-,39-,41+,43-,44-/m1/s1. The van der Waals surface area contributed by atoms with E-state index in [4.69, 9.17) is 40.6 Å². The van der Waals surface area contributed by atoms with E-state index in [0.717, 1.165) is 0 Å². The summed E-state index contributed by atoms with van der Waals surface area (Å²) in [7, 11) is 5.31. The summed E-state index contributed by atoms with van der Waals surface area (Å²) in [6, 6.07) is -0.915. The van der Waals surface area contributed by atoms with Gasteiger partial charge in [-0.25, -0.2) is 0 Å². The van der Waals surface area contributed by atoms with Gasteiger partial charge >= 0.3 is 5.97 Å². The molecule has 0 aromatic rings. The van der Waals surface area contributed by atoms with Crippen molar-refractivity contribution in [2.24, 2.45) is 17.8 Å². The number of aliphatic hydroxyl groups is 5. The minimum Gasteiger partial charge on any atom is -0.459 e. The molecule has 16 nitrogen and oxygen atoms in total. The van der Waals surface area contributed by atoms with Crippen LogP contribution in [0, 0.1) is 17.8 Å². The summed E-state index contributed by atoms with van der Waals surface area (Å²) in [5.41, 5.74) is -3.49. The number of ether oxygens (including phenoxy) is 6. The summed E-state index contributed by atoms with van der Waals surface area (Å²) < 4.78 is 37.5. The van der Waals surface area contributed by atoms with Crippen molar-refractivity contribution in [3.05, 3.63) is 12.7 Å². The van der Waals surface area contributed by atoms with Gasteiger partial charge in [0.1, 0.15) is 23.9 Å². The minimum atomic E-state index is -1.87. The Morgan fingerprint density at radius 1 is 1.13 bits per heavy atom. The van der Waals surface area contributed by atoms with Crippen LogP contribution >= 0.6 is 12.2 Å². The highest BCUT2D eigenvalue weighted by molar-refractivity contribution is 7.80. The van der Waals surface area contributed by atoms with E-state index in [1.807, 2.05) is 46.7 Å². The third-order valence-corrected chi connectivity index (χ3v) is 12.8. The molecule has 2 fully saturated rings. The number of carbonyl (C=O) groups excluding carboxylic acids is 1. The fourth-order valence-corrected chi connectivity index (χ4v) is 8.94. The molecule has 2 aliphatic rings. The van der Waals surface area contributed by atoms with Crippen LogP contribution in [-0.2, 0) is 33.2 Å². The van der Waals surface area contributed by atoms with E-state index in [2.05, 4.69) is 22.1 Å². The monoisotopic (exact) mass is 893 g/mol. The zero-order chi connectivity index (χ0) is 46.4. The second-order valence-corrected chi connectivity index (χ2v) is 18.8. The fraction of sp³-hybridized carbons (Fsp3) is 0.909. The first-order chi connectivity index (χ1) is 28.4. The van der Waals surface area contributed by atoms with Crippen LogP contribution in [0.1, 0.15) is 101 Å². The number of thiocarbonyl (C=S) groups is 1. The molecule has 0 aromatic heterocycles. The lowest BCUT2D eigenvalue weighted by Gasteiger charge is -2.47. The van der Waals surface area contributed by atoms with Gasteiger partial charge in [0.2, 0.25) is 0 Å². The normalized spacial score (nSPS) is 37.8. The molecule has 0 aliphatic carbocycles. The molecule has 17 atom stereocenters. The predicted octanol–water partition coefficient (Wildman–Crippen LogP) is 2.56. The zero-order valence-corrected chi connectivity index (χ0v) is 40.2. The van der Waals surface area contributed by atoms with Crippen LogP contribution in [0.5, 0.6) is 0 Å². The molecule has 0 unspecified atom stereocenters. The van der Waals surface area contributed by atoms with Gasteiger partial charge in [-0.3, -0.25) is 9.69 Å². The molecule has 0 saturated carbocycles. The van der Waals surface area contributed by atoms with Crippen molar-refractivity contribution in [2.45, 2.75) is 186 Å². The highest BCUT2D eigenvalue weighted by Gasteiger charge is 2.51. The molecule has 7 N–H and O–H groups in total. The summed E-state index contributed by atoms with van der Waals surface area (Å²) in [6.45, 7) is 23.4. The van der Waals surface area contributed by atoms with E-state index in [-0.39, 0.29) is 43.9 Å². The Morgan fingerprint density at radius 2 is 1.79 bits per heavy atom. The van der Waals surface area contributed by atoms with E-state index in [1.165, 1.54) is 6.92 Å². The van der Waals surface area contributed by atoms with E-state index in [1.54, 1.807) is 47.8 Å². The number of hydrogen-bond donors (Lipinski definition) is 7. The molecule has 2 heterocycles. The van der Waals surface area contributed by atoms with Gasteiger partial charge in [0.15, 0.2) is 17.7 Å².